The monoisotopic (exact) mass is 268 g/mol. The molecular formula is C16H22F2O. The minimum atomic E-state index is -2.48. The molecule has 1 aromatic carbocycles. The van der Waals surface area contributed by atoms with Gasteiger partial charge in [0.15, 0.2) is 0 Å². The smallest absolute Gasteiger partial charge is 0.241 e. The van der Waals surface area contributed by atoms with Crippen LogP contribution in [0.5, 0.6) is 0 Å². The van der Waals surface area contributed by atoms with E-state index in [2.05, 4.69) is 0 Å². The first-order valence-corrected chi connectivity index (χ1v) is 7.10. The summed E-state index contributed by atoms with van der Waals surface area (Å²) in [4.78, 5) is 0. The molecule has 0 radical (unpaired) electrons. The van der Waals surface area contributed by atoms with Gasteiger partial charge in [0, 0.05) is 6.42 Å². The van der Waals surface area contributed by atoms with E-state index in [9.17, 15) is 13.9 Å². The fraction of sp³-hybridized carbons (Fsp3) is 0.625. The highest BCUT2D eigenvalue weighted by molar-refractivity contribution is 5.27. The van der Waals surface area contributed by atoms with Gasteiger partial charge in [0.05, 0.1) is 5.60 Å². The Balaban J connectivity index is 2.29. The Morgan fingerprint density at radius 3 is 2.26 bits per heavy atom. The third-order valence-corrected chi connectivity index (χ3v) is 4.30. The molecule has 1 unspecified atom stereocenters. The standard InChI is InChI=1S/C16H22F2O/c1-12-7-9-14(10-8-12)16(19,11-15(17)18)13-5-3-2-4-6-13/h7-10,13,15,19H,2-6,11H2,1H3. The highest BCUT2D eigenvalue weighted by Crippen LogP contribution is 2.42. The Labute approximate surface area is 113 Å². The molecule has 1 fully saturated rings. The Morgan fingerprint density at radius 1 is 1.16 bits per heavy atom. The van der Waals surface area contributed by atoms with Gasteiger partial charge in [0.1, 0.15) is 0 Å². The number of aliphatic hydroxyl groups is 1. The summed E-state index contributed by atoms with van der Waals surface area (Å²) in [5, 5.41) is 10.9. The second kappa shape index (κ2) is 6.00. The summed E-state index contributed by atoms with van der Waals surface area (Å²) in [6, 6.07) is 7.36. The van der Waals surface area contributed by atoms with E-state index in [1.807, 2.05) is 19.1 Å². The average Bonchev–Trinajstić information content (AvgIpc) is 2.39. The lowest BCUT2D eigenvalue weighted by Gasteiger charge is -2.39. The first-order valence-electron chi connectivity index (χ1n) is 7.10. The summed E-state index contributed by atoms with van der Waals surface area (Å²) >= 11 is 0. The third-order valence-electron chi connectivity index (χ3n) is 4.30. The van der Waals surface area contributed by atoms with Crippen LogP contribution in [0.25, 0.3) is 0 Å². The summed E-state index contributed by atoms with van der Waals surface area (Å²) in [5.41, 5.74) is 0.347. The van der Waals surface area contributed by atoms with Crippen LogP contribution in [0, 0.1) is 12.8 Å². The van der Waals surface area contributed by atoms with Crippen molar-refractivity contribution in [3.63, 3.8) is 0 Å². The maximum atomic E-state index is 12.9. The number of rotatable bonds is 4. The molecular weight excluding hydrogens is 246 g/mol. The predicted molar refractivity (Wildman–Crippen MR) is 72.3 cm³/mol. The van der Waals surface area contributed by atoms with Crippen molar-refractivity contribution in [2.75, 3.05) is 0 Å². The zero-order chi connectivity index (χ0) is 13.9. The van der Waals surface area contributed by atoms with E-state index in [0.717, 1.165) is 37.7 Å². The summed E-state index contributed by atoms with van der Waals surface area (Å²) < 4.78 is 25.8. The highest BCUT2D eigenvalue weighted by Gasteiger charge is 2.41. The fourth-order valence-electron chi connectivity index (χ4n) is 3.18. The van der Waals surface area contributed by atoms with Crippen molar-refractivity contribution in [3.8, 4) is 0 Å². The molecule has 106 valence electrons. The lowest BCUT2D eigenvalue weighted by Crippen LogP contribution is -2.38. The molecule has 0 heterocycles. The van der Waals surface area contributed by atoms with Crippen LogP contribution in [-0.4, -0.2) is 11.5 Å². The molecule has 1 aromatic rings. The van der Waals surface area contributed by atoms with Crippen LogP contribution in [0.3, 0.4) is 0 Å². The fourth-order valence-corrected chi connectivity index (χ4v) is 3.18. The van der Waals surface area contributed by atoms with E-state index < -0.39 is 18.4 Å². The average molecular weight is 268 g/mol. The molecule has 0 saturated heterocycles. The van der Waals surface area contributed by atoms with Crippen LogP contribution in [-0.2, 0) is 5.60 Å². The number of hydrogen-bond donors (Lipinski definition) is 1. The summed E-state index contributed by atoms with van der Waals surface area (Å²) in [6.45, 7) is 1.95. The third kappa shape index (κ3) is 3.33. The minimum Gasteiger partial charge on any atom is -0.385 e. The summed E-state index contributed by atoms with van der Waals surface area (Å²) in [7, 11) is 0. The van der Waals surface area contributed by atoms with Gasteiger partial charge in [0.25, 0.3) is 0 Å². The number of aryl methyl sites for hydroxylation is 1. The maximum Gasteiger partial charge on any atom is 0.241 e. The zero-order valence-corrected chi connectivity index (χ0v) is 11.4. The second-order valence-corrected chi connectivity index (χ2v) is 5.72. The molecule has 1 aliphatic rings. The lowest BCUT2D eigenvalue weighted by atomic mass is 9.72. The largest absolute Gasteiger partial charge is 0.385 e. The van der Waals surface area contributed by atoms with Gasteiger partial charge in [0.2, 0.25) is 6.43 Å². The molecule has 1 nitrogen and oxygen atoms in total. The maximum absolute atomic E-state index is 12.9. The molecule has 1 N–H and O–H groups in total. The summed E-state index contributed by atoms with van der Waals surface area (Å²) in [5.74, 6) is -0.0436. The Bertz CT molecular complexity index is 396. The van der Waals surface area contributed by atoms with Crippen molar-refractivity contribution in [2.24, 2.45) is 5.92 Å². The molecule has 3 heteroatoms. The van der Waals surface area contributed by atoms with Crippen LogP contribution in [0.1, 0.15) is 49.7 Å². The zero-order valence-electron chi connectivity index (χ0n) is 11.4. The first kappa shape index (κ1) is 14.4. The number of alkyl halides is 2. The molecule has 0 amide bonds. The first-order chi connectivity index (χ1) is 9.02. The molecule has 1 aliphatic carbocycles. The molecule has 0 bridgehead atoms. The predicted octanol–water partition coefficient (Wildman–Crippen LogP) is 4.42. The van der Waals surface area contributed by atoms with Crippen LogP contribution >= 0.6 is 0 Å². The molecule has 2 rings (SSSR count). The van der Waals surface area contributed by atoms with Crippen LogP contribution < -0.4 is 0 Å². The van der Waals surface area contributed by atoms with Crippen molar-refractivity contribution in [3.05, 3.63) is 35.4 Å². The highest BCUT2D eigenvalue weighted by atomic mass is 19.3. The van der Waals surface area contributed by atoms with Crippen molar-refractivity contribution in [1.82, 2.24) is 0 Å². The lowest BCUT2D eigenvalue weighted by molar-refractivity contribution is -0.0809. The Hall–Kier alpha value is -0.960. The quantitative estimate of drug-likeness (QED) is 0.857. The summed E-state index contributed by atoms with van der Waals surface area (Å²) in [6.07, 6.45) is 1.96. The minimum absolute atomic E-state index is 0.0436. The van der Waals surface area contributed by atoms with Gasteiger partial charge in [-0.25, -0.2) is 8.78 Å². The second-order valence-electron chi connectivity index (χ2n) is 5.72. The van der Waals surface area contributed by atoms with Crippen LogP contribution in [0.4, 0.5) is 8.78 Å². The Morgan fingerprint density at radius 2 is 1.74 bits per heavy atom. The molecule has 0 spiro atoms. The number of hydrogen-bond acceptors (Lipinski definition) is 1. The molecule has 1 atom stereocenters. The van der Waals surface area contributed by atoms with Crippen molar-refractivity contribution < 1.29 is 13.9 Å². The van der Waals surface area contributed by atoms with E-state index in [-0.39, 0.29) is 5.92 Å². The molecule has 19 heavy (non-hydrogen) atoms. The van der Waals surface area contributed by atoms with Crippen molar-refractivity contribution in [1.29, 1.82) is 0 Å². The van der Waals surface area contributed by atoms with Gasteiger partial charge < -0.3 is 5.11 Å². The SMILES string of the molecule is Cc1ccc(C(O)(CC(F)F)C2CCCCC2)cc1. The van der Waals surface area contributed by atoms with Gasteiger partial charge in [-0.05, 0) is 31.2 Å². The van der Waals surface area contributed by atoms with E-state index in [4.69, 9.17) is 0 Å². The van der Waals surface area contributed by atoms with Gasteiger partial charge in [-0.2, -0.15) is 0 Å². The normalized spacial score (nSPS) is 20.5. The van der Waals surface area contributed by atoms with Crippen LogP contribution in [0.15, 0.2) is 24.3 Å². The van der Waals surface area contributed by atoms with E-state index in [1.54, 1.807) is 12.1 Å². The molecule has 0 aliphatic heterocycles. The van der Waals surface area contributed by atoms with Gasteiger partial charge >= 0.3 is 0 Å². The molecule has 1 saturated carbocycles. The van der Waals surface area contributed by atoms with E-state index in [0.29, 0.717) is 5.56 Å². The van der Waals surface area contributed by atoms with Crippen LogP contribution in [0.2, 0.25) is 0 Å². The Kier molecular flexibility index (Phi) is 4.56. The van der Waals surface area contributed by atoms with Gasteiger partial charge in [-0.15, -0.1) is 0 Å². The van der Waals surface area contributed by atoms with Crippen molar-refractivity contribution >= 4 is 0 Å². The van der Waals surface area contributed by atoms with Gasteiger partial charge in [-0.1, -0.05) is 49.1 Å². The van der Waals surface area contributed by atoms with E-state index >= 15 is 0 Å². The topological polar surface area (TPSA) is 20.2 Å². The number of halogens is 2. The van der Waals surface area contributed by atoms with Gasteiger partial charge in [-0.3, -0.25) is 0 Å². The molecule has 0 aromatic heterocycles. The number of benzene rings is 1. The van der Waals surface area contributed by atoms with Crippen molar-refractivity contribution in [2.45, 2.75) is 57.5 Å². The van der Waals surface area contributed by atoms with E-state index in [1.165, 1.54) is 0 Å².